The van der Waals surface area contributed by atoms with Crippen molar-refractivity contribution in [3.8, 4) is 0 Å². The summed E-state index contributed by atoms with van der Waals surface area (Å²) in [4.78, 5) is 20.0. The lowest BCUT2D eigenvalue weighted by atomic mass is 10.2. The van der Waals surface area contributed by atoms with Crippen LogP contribution in [0.4, 0.5) is 0 Å². The quantitative estimate of drug-likeness (QED) is 0.532. The fourth-order valence-corrected chi connectivity index (χ4v) is 3.75. The molecule has 0 radical (unpaired) electrons. The number of H-pyrrole nitrogens is 1. The number of hydrogen-bond acceptors (Lipinski definition) is 4. The number of carbonyl (C=O) groups is 1. The summed E-state index contributed by atoms with van der Waals surface area (Å²) in [6.07, 6.45) is 3.04. The van der Waals surface area contributed by atoms with Crippen LogP contribution in [0.15, 0.2) is 59.5 Å². The number of carbonyl (C=O) groups excluding carboxylic acids is 1. The van der Waals surface area contributed by atoms with Crippen molar-refractivity contribution in [1.82, 2.24) is 20.0 Å². The first-order valence-electron chi connectivity index (χ1n) is 8.92. The van der Waals surface area contributed by atoms with Gasteiger partial charge >= 0.3 is 0 Å². The van der Waals surface area contributed by atoms with Gasteiger partial charge in [0.05, 0.1) is 22.0 Å². The minimum absolute atomic E-state index is 0.189. The molecule has 0 fully saturated rings. The van der Waals surface area contributed by atoms with E-state index in [2.05, 4.69) is 20.0 Å². The molecule has 2 aromatic carbocycles. The summed E-state index contributed by atoms with van der Waals surface area (Å²) in [5, 5.41) is 2.85. The van der Waals surface area contributed by atoms with Gasteiger partial charge in [0.2, 0.25) is 15.9 Å². The first-order valence-corrected chi connectivity index (χ1v) is 10.4. The molecular formula is C20H22N4O3S. The van der Waals surface area contributed by atoms with E-state index in [4.69, 9.17) is 0 Å². The Morgan fingerprint density at radius 3 is 2.57 bits per heavy atom. The summed E-state index contributed by atoms with van der Waals surface area (Å²) in [5.74, 6) is 0.415. The third-order valence-corrected chi connectivity index (χ3v) is 5.69. The Bertz CT molecular complexity index is 1070. The first-order chi connectivity index (χ1) is 13.4. The van der Waals surface area contributed by atoms with Gasteiger partial charge in [0.25, 0.3) is 0 Å². The van der Waals surface area contributed by atoms with Crippen molar-refractivity contribution in [2.24, 2.45) is 0 Å². The van der Waals surface area contributed by atoms with E-state index in [0.717, 1.165) is 16.6 Å². The van der Waals surface area contributed by atoms with Crippen LogP contribution in [0, 0.1) is 0 Å². The Morgan fingerprint density at radius 2 is 1.89 bits per heavy atom. The van der Waals surface area contributed by atoms with E-state index in [1.165, 1.54) is 18.2 Å². The second-order valence-electron chi connectivity index (χ2n) is 6.27. The molecule has 1 unspecified atom stereocenters. The average Bonchev–Trinajstić information content (AvgIpc) is 3.11. The number of fused-ring (bicyclic) bond motifs is 1. The Morgan fingerprint density at radius 1 is 1.18 bits per heavy atom. The van der Waals surface area contributed by atoms with Gasteiger partial charge in [0.1, 0.15) is 5.82 Å². The number of sulfonamides is 1. The number of nitrogens with one attached hydrogen (secondary N) is 3. The highest BCUT2D eigenvalue weighted by Crippen LogP contribution is 2.16. The molecule has 0 bridgehead atoms. The SMILES string of the molecule is CCNS(=O)(=O)c1ccc(C=CC(=O)NC(C)c2nc3ccccc3[nH]2)cc1. The molecule has 8 heteroatoms. The van der Waals surface area contributed by atoms with Crippen molar-refractivity contribution in [3.05, 3.63) is 66.0 Å². The maximum Gasteiger partial charge on any atom is 0.244 e. The smallest absolute Gasteiger partial charge is 0.244 e. The first kappa shape index (κ1) is 19.8. The molecule has 1 heterocycles. The standard InChI is InChI=1S/C20H22N4O3S/c1-3-21-28(26,27)16-11-8-15(9-12-16)10-13-19(25)22-14(2)20-23-17-6-4-5-7-18(17)24-20/h4-14,21H,3H2,1-2H3,(H,22,25)(H,23,24). The van der Waals surface area contributed by atoms with Gasteiger partial charge in [-0.2, -0.15) is 0 Å². The van der Waals surface area contributed by atoms with Crippen LogP contribution in [0.3, 0.4) is 0 Å². The number of hydrogen-bond donors (Lipinski definition) is 3. The van der Waals surface area contributed by atoms with Gasteiger partial charge in [0, 0.05) is 12.6 Å². The summed E-state index contributed by atoms with van der Waals surface area (Å²) in [5.41, 5.74) is 2.49. The van der Waals surface area contributed by atoms with Gasteiger partial charge in [-0.25, -0.2) is 18.1 Å². The summed E-state index contributed by atoms with van der Waals surface area (Å²) in [6.45, 7) is 3.90. The lowest BCUT2D eigenvalue weighted by molar-refractivity contribution is -0.117. The van der Waals surface area contributed by atoms with Crippen LogP contribution in [0.2, 0.25) is 0 Å². The molecule has 0 saturated carbocycles. The molecule has 3 rings (SSSR count). The van der Waals surface area contributed by atoms with Crippen molar-refractivity contribution < 1.29 is 13.2 Å². The molecule has 0 spiro atoms. The monoisotopic (exact) mass is 398 g/mol. The van der Waals surface area contributed by atoms with Crippen molar-refractivity contribution >= 4 is 33.0 Å². The number of benzene rings is 2. The van der Waals surface area contributed by atoms with Crippen LogP contribution >= 0.6 is 0 Å². The normalized spacial score (nSPS) is 13.1. The minimum atomic E-state index is -3.48. The average molecular weight is 398 g/mol. The van der Waals surface area contributed by atoms with E-state index in [1.54, 1.807) is 25.1 Å². The molecule has 0 aliphatic heterocycles. The predicted molar refractivity (Wildman–Crippen MR) is 109 cm³/mol. The molecule has 146 valence electrons. The van der Waals surface area contributed by atoms with Crippen LogP contribution in [-0.4, -0.2) is 30.8 Å². The third-order valence-electron chi connectivity index (χ3n) is 4.13. The highest BCUT2D eigenvalue weighted by molar-refractivity contribution is 7.89. The highest BCUT2D eigenvalue weighted by atomic mass is 32.2. The Labute approximate surface area is 163 Å². The lowest BCUT2D eigenvalue weighted by Gasteiger charge is -2.09. The number of rotatable bonds is 7. The fraction of sp³-hybridized carbons (Fsp3) is 0.200. The molecule has 3 aromatic rings. The zero-order valence-corrected chi connectivity index (χ0v) is 16.5. The second kappa shape index (κ2) is 8.37. The number of aromatic amines is 1. The highest BCUT2D eigenvalue weighted by Gasteiger charge is 2.13. The number of imidazole rings is 1. The molecule has 0 aliphatic rings. The van der Waals surface area contributed by atoms with E-state index >= 15 is 0 Å². The molecule has 1 amide bonds. The van der Waals surface area contributed by atoms with Gasteiger partial charge < -0.3 is 10.3 Å². The largest absolute Gasteiger partial charge is 0.343 e. The zero-order chi connectivity index (χ0) is 20.1. The molecular weight excluding hydrogens is 376 g/mol. The predicted octanol–water partition coefficient (Wildman–Crippen LogP) is 2.75. The third kappa shape index (κ3) is 4.65. The van der Waals surface area contributed by atoms with Crippen LogP contribution in [0.25, 0.3) is 17.1 Å². The van der Waals surface area contributed by atoms with Crippen LogP contribution in [-0.2, 0) is 14.8 Å². The number of nitrogens with zero attached hydrogens (tertiary/aromatic N) is 1. The molecule has 1 atom stereocenters. The Kier molecular flexibility index (Phi) is 5.91. The second-order valence-corrected chi connectivity index (χ2v) is 8.04. The molecule has 0 aliphatic carbocycles. The molecule has 28 heavy (non-hydrogen) atoms. The van der Waals surface area contributed by atoms with E-state index in [0.29, 0.717) is 12.4 Å². The van der Waals surface area contributed by atoms with Crippen molar-refractivity contribution in [2.75, 3.05) is 6.54 Å². The topological polar surface area (TPSA) is 104 Å². The minimum Gasteiger partial charge on any atom is -0.343 e. The maximum absolute atomic E-state index is 12.2. The van der Waals surface area contributed by atoms with Crippen molar-refractivity contribution in [2.45, 2.75) is 24.8 Å². The lowest BCUT2D eigenvalue weighted by Crippen LogP contribution is -2.25. The van der Waals surface area contributed by atoms with Gasteiger partial charge in [-0.3, -0.25) is 4.79 Å². The summed E-state index contributed by atoms with van der Waals surface area (Å²) in [6, 6.07) is 13.7. The summed E-state index contributed by atoms with van der Waals surface area (Å²) >= 11 is 0. The molecule has 7 nitrogen and oxygen atoms in total. The number of para-hydroxylation sites is 2. The molecule has 1 aromatic heterocycles. The van der Waals surface area contributed by atoms with E-state index in [1.807, 2.05) is 31.2 Å². The van der Waals surface area contributed by atoms with Crippen molar-refractivity contribution in [1.29, 1.82) is 0 Å². The van der Waals surface area contributed by atoms with Crippen LogP contribution in [0.1, 0.15) is 31.3 Å². The molecule has 0 saturated heterocycles. The number of aromatic nitrogens is 2. The molecule has 3 N–H and O–H groups in total. The summed E-state index contributed by atoms with van der Waals surface area (Å²) < 4.78 is 26.3. The zero-order valence-electron chi connectivity index (χ0n) is 15.6. The van der Waals surface area contributed by atoms with Gasteiger partial charge in [0.15, 0.2) is 0 Å². The van der Waals surface area contributed by atoms with E-state index in [-0.39, 0.29) is 16.8 Å². The Balaban J connectivity index is 1.63. The summed E-state index contributed by atoms with van der Waals surface area (Å²) in [7, 11) is -3.48. The van der Waals surface area contributed by atoms with Gasteiger partial charge in [-0.15, -0.1) is 0 Å². The van der Waals surface area contributed by atoms with Gasteiger partial charge in [-0.1, -0.05) is 31.2 Å². The van der Waals surface area contributed by atoms with Crippen molar-refractivity contribution in [3.63, 3.8) is 0 Å². The van der Waals surface area contributed by atoms with Crippen LogP contribution < -0.4 is 10.0 Å². The maximum atomic E-state index is 12.2. The van der Waals surface area contributed by atoms with Gasteiger partial charge in [-0.05, 0) is 42.8 Å². The fourth-order valence-electron chi connectivity index (χ4n) is 2.71. The number of amides is 1. The van der Waals surface area contributed by atoms with E-state index in [9.17, 15) is 13.2 Å². The van der Waals surface area contributed by atoms with Crippen LogP contribution in [0.5, 0.6) is 0 Å². The van der Waals surface area contributed by atoms with E-state index < -0.39 is 10.0 Å². The Hall–Kier alpha value is -2.97.